The summed E-state index contributed by atoms with van der Waals surface area (Å²) in [5, 5.41) is 4.80. The molecule has 0 radical (unpaired) electrons. The highest BCUT2D eigenvalue weighted by Crippen LogP contribution is 2.29. The minimum atomic E-state index is -1.02. The molecule has 0 aliphatic heterocycles. The molecule has 0 saturated heterocycles. The van der Waals surface area contributed by atoms with Crippen LogP contribution < -0.4 is 0 Å². The first kappa shape index (κ1) is 15.8. The number of nitrogens with zero attached hydrogens (tertiary/aromatic N) is 2. The Kier molecular flexibility index (Phi) is 4.54. The molecule has 0 spiro atoms. The minimum absolute atomic E-state index is 0.173. The van der Waals surface area contributed by atoms with Gasteiger partial charge in [-0.3, -0.25) is 4.79 Å². The fourth-order valence-corrected chi connectivity index (χ4v) is 2.20. The maximum atomic E-state index is 11.9. The van der Waals surface area contributed by atoms with Crippen molar-refractivity contribution in [1.29, 1.82) is 0 Å². The van der Waals surface area contributed by atoms with Crippen molar-refractivity contribution in [3.8, 4) is 11.4 Å². The van der Waals surface area contributed by atoms with E-state index in [2.05, 4.69) is 10.1 Å². The molecule has 2 aromatic rings. The zero-order valence-corrected chi connectivity index (χ0v) is 13.3. The molecule has 0 N–H and O–H groups in total. The largest absolute Gasteiger partial charge is 0.465 e. The summed E-state index contributed by atoms with van der Waals surface area (Å²) < 4.78 is 10.2. The van der Waals surface area contributed by atoms with Crippen LogP contribution in [0.4, 0.5) is 0 Å². The number of rotatable bonds is 4. The molecule has 1 aromatic carbocycles. The van der Waals surface area contributed by atoms with Gasteiger partial charge in [0.25, 0.3) is 0 Å². The Morgan fingerprint density at radius 3 is 2.48 bits per heavy atom. The van der Waals surface area contributed by atoms with Crippen molar-refractivity contribution in [2.24, 2.45) is 0 Å². The van der Waals surface area contributed by atoms with E-state index in [1.54, 1.807) is 39.0 Å². The maximum absolute atomic E-state index is 11.9. The fourth-order valence-electron chi connectivity index (χ4n) is 1.68. The van der Waals surface area contributed by atoms with E-state index in [0.717, 1.165) is 0 Å². The van der Waals surface area contributed by atoms with Crippen LogP contribution in [0.25, 0.3) is 11.4 Å². The third kappa shape index (κ3) is 3.36. The number of carbonyl (C=O) groups excluding carboxylic acids is 1. The average molecular weight is 329 g/mol. The van der Waals surface area contributed by atoms with Crippen molar-refractivity contribution < 1.29 is 14.1 Å². The molecule has 21 heavy (non-hydrogen) atoms. The van der Waals surface area contributed by atoms with Gasteiger partial charge in [-0.2, -0.15) is 4.98 Å². The lowest BCUT2D eigenvalue weighted by molar-refractivity contribution is -0.149. The number of ether oxygens (including phenoxy) is 1. The van der Waals surface area contributed by atoms with Gasteiger partial charge in [0.1, 0.15) is 5.41 Å². The van der Waals surface area contributed by atoms with E-state index in [-0.39, 0.29) is 12.5 Å². The number of esters is 1. The summed E-state index contributed by atoms with van der Waals surface area (Å²) in [4.78, 5) is 16.2. The van der Waals surface area contributed by atoms with Gasteiger partial charge in [0.2, 0.25) is 11.7 Å². The molecule has 0 saturated carbocycles. The van der Waals surface area contributed by atoms with Gasteiger partial charge in [0.15, 0.2) is 0 Å². The normalized spacial score (nSPS) is 11.5. The molecule has 0 fully saturated rings. The quantitative estimate of drug-likeness (QED) is 0.796. The summed E-state index contributed by atoms with van der Waals surface area (Å²) >= 11 is 11.9. The van der Waals surface area contributed by atoms with Crippen LogP contribution in [0.15, 0.2) is 22.7 Å². The molecule has 2 rings (SSSR count). The maximum Gasteiger partial charge on any atom is 0.321 e. The molecule has 1 heterocycles. The van der Waals surface area contributed by atoms with Gasteiger partial charge >= 0.3 is 5.97 Å². The van der Waals surface area contributed by atoms with Gasteiger partial charge in [-0.15, -0.1) is 0 Å². The van der Waals surface area contributed by atoms with Crippen LogP contribution >= 0.6 is 23.2 Å². The van der Waals surface area contributed by atoms with Crippen LogP contribution in [0.3, 0.4) is 0 Å². The van der Waals surface area contributed by atoms with Gasteiger partial charge in [0, 0.05) is 15.6 Å². The Balaban J connectivity index is 2.35. The van der Waals surface area contributed by atoms with Gasteiger partial charge in [-0.05, 0) is 39.0 Å². The Labute approximate surface area is 132 Å². The van der Waals surface area contributed by atoms with E-state index in [4.69, 9.17) is 32.5 Å². The van der Waals surface area contributed by atoms with Crippen molar-refractivity contribution in [2.45, 2.75) is 26.2 Å². The second kappa shape index (κ2) is 6.03. The fraction of sp³-hybridized carbons (Fsp3) is 0.357. The molecule has 7 heteroatoms. The molecule has 0 aliphatic rings. The topological polar surface area (TPSA) is 65.2 Å². The van der Waals surface area contributed by atoms with Crippen LogP contribution in [-0.4, -0.2) is 22.7 Å². The number of halogens is 2. The predicted octanol–water partition coefficient (Wildman–Crippen LogP) is 3.88. The second-order valence-corrected chi connectivity index (χ2v) is 5.80. The molecule has 0 bridgehead atoms. The highest BCUT2D eigenvalue weighted by Gasteiger charge is 2.37. The zero-order valence-electron chi connectivity index (χ0n) is 11.8. The Morgan fingerprint density at radius 2 is 1.90 bits per heavy atom. The molecule has 0 aliphatic carbocycles. The van der Waals surface area contributed by atoms with Crippen molar-refractivity contribution >= 4 is 29.2 Å². The third-order valence-corrected chi connectivity index (χ3v) is 3.30. The Hall–Kier alpha value is -1.59. The molecule has 0 atom stereocenters. The van der Waals surface area contributed by atoms with Crippen LogP contribution in [0.1, 0.15) is 26.7 Å². The van der Waals surface area contributed by atoms with E-state index in [0.29, 0.717) is 21.4 Å². The highest BCUT2D eigenvalue weighted by atomic mass is 35.5. The van der Waals surface area contributed by atoms with E-state index in [1.807, 2.05) is 0 Å². The number of carbonyl (C=O) groups is 1. The second-order valence-electron chi connectivity index (χ2n) is 4.93. The predicted molar refractivity (Wildman–Crippen MR) is 79.4 cm³/mol. The number of hydrogen-bond acceptors (Lipinski definition) is 5. The summed E-state index contributed by atoms with van der Waals surface area (Å²) in [6.07, 6.45) is 0. The van der Waals surface area contributed by atoms with Crippen molar-refractivity contribution in [3.05, 3.63) is 34.1 Å². The summed E-state index contributed by atoms with van der Waals surface area (Å²) in [7, 11) is 0. The van der Waals surface area contributed by atoms with Crippen molar-refractivity contribution in [1.82, 2.24) is 10.1 Å². The molecular weight excluding hydrogens is 315 g/mol. The molecule has 0 amide bonds. The Bertz CT molecular complexity index is 648. The summed E-state index contributed by atoms with van der Waals surface area (Å²) in [5.74, 6) is 0.0585. The summed E-state index contributed by atoms with van der Waals surface area (Å²) in [6, 6.07) is 4.94. The van der Waals surface area contributed by atoms with Crippen molar-refractivity contribution in [2.75, 3.05) is 6.61 Å². The third-order valence-electron chi connectivity index (χ3n) is 2.87. The summed E-state index contributed by atoms with van der Waals surface area (Å²) in [5.41, 5.74) is -0.411. The van der Waals surface area contributed by atoms with Gasteiger partial charge in [-0.25, -0.2) is 0 Å². The number of benzene rings is 1. The van der Waals surface area contributed by atoms with E-state index >= 15 is 0 Å². The molecule has 112 valence electrons. The van der Waals surface area contributed by atoms with E-state index < -0.39 is 11.4 Å². The lowest BCUT2D eigenvalue weighted by Crippen LogP contribution is -2.31. The van der Waals surface area contributed by atoms with Gasteiger partial charge in [-0.1, -0.05) is 28.4 Å². The van der Waals surface area contributed by atoms with Crippen molar-refractivity contribution in [3.63, 3.8) is 0 Å². The van der Waals surface area contributed by atoms with E-state index in [9.17, 15) is 4.79 Å². The van der Waals surface area contributed by atoms with Gasteiger partial charge < -0.3 is 9.26 Å². The lowest BCUT2D eigenvalue weighted by Gasteiger charge is -2.16. The SMILES string of the molecule is CCOC(=O)C(C)(C)c1nc(-c2cc(Cl)cc(Cl)c2)no1. The number of aromatic nitrogens is 2. The monoisotopic (exact) mass is 328 g/mol. The standard InChI is InChI=1S/C14H14Cl2N2O3/c1-4-20-13(19)14(2,3)12-17-11(18-21-12)8-5-9(15)7-10(16)6-8/h5-7H,4H2,1-3H3. The molecular formula is C14H14Cl2N2O3. The molecule has 0 unspecified atom stereocenters. The number of hydrogen-bond donors (Lipinski definition) is 0. The van der Waals surface area contributed by atoms with Crippen LogP contribution in [-0.2, 0) is 14.9 Å². The van der Waals surface area contributed by atoms with Crippen LogP contribution in [0.2, 0.25) is 10.0 Å². The molecule has 1 aromatic heterocycles. The Morgan fingerprint density at radius 1 is 1.29 bits per heavy atom. The van der Waals surface area contributed by atoms with Gasteiger partial charge in [0.05, 0.1) is 6.61 Å². The van der Waals surface area contributed by atoms with Crippen LogP contribution in [0.5, 0.6) is 0 Å². The lowest BCUT2D eigenvalue weighted by atomic mass is 9.94. The smallest absolute Gasteiger partial charge is 0.321 e. The first-order valence-corrected chi connectivity index (χ1v) is 7.08. The first-order chi connectivity index (χ1) is 9.84. The summed E-state index contributed by atoms with van der Waals surface area (Å²) in [6.45, 7) is 5.34. The average Bonchev–Trinajstić information content (AvgIpc) is 2.88. The first-order valence-electron chi connectivity index (χ1n) is 6.32. The zero-order chi connectivity index (χ0) is 15.6. The van der Waals surface area contributed by atoms with Crippen LogP contribution in [0, 0.1) is 0 Å². The minimum Gasteiger partial charge on any atom is -0.465 e. The van der Waals surface area contributed by atoms with E-state index in [1.165, 1.54) is 0 Å². The highest BCUT2D eigenvalue weighted by molar-refractivity contribution is 6.35. The molecule has 5 nitrogen and oxygen atoms in total.